The van der Waals surface area contributed by atoms with Crippen LogP contribution >= 0.6 is 0 Å². The summed E-state index contributed by atoms with van der Waals surface area (Å²) in [4.78, 5) is 2.61. The summed E-state index contributed by atoms with van der Waals surface area (Å²) in [5.74, 6) is 1.10. The Hall–Kier alpha value is -6.12. The van der Waals surface area contributed by atoms with Crippen LogP contribution in [0.25, 0.3) is 50.3 Å². The topological polar surface area (TPSA) is 8.17 Å². The van der Waals surface area contributed by atoms with Crippen molar-refractivity contribution in [2.24, 2.45) is 5.92 Å². The molecule has 0 aliphatic heterocycles. The Bertz CT molecular complexity index is 2740. The minimum Gasteiger partial charge on any atom is -0.334 e. The first-order valence-corrected chi connectivity index (χ1v) is 18.7. The molecule has 4 aliphatic carbocycles. The highest BCUT2D eigenvalue weighted by molar-refractivity contribution is 6.10. The summed E-state index contributed by atoms with van der Waals surface area (Å²) in [5.41, 5.74) is 18.6. The molecule has 1 heterocycles. The van der Waals surface area contributed by atoms with Crippen LogP contribution < -0.4 is 4.90 Å². The predicted molar refractivity (Wildman–Crippen MR) is 219 cm³/mol. The summed E-state index contributed by atoms with van der Waals surface area (Å²) in [6.07, 6.45) is 14.0. The first-order valence-electron chi connectivity index (χ1n) is 18.7. The lowest BCUT2D eigenvalue weighted by Gasteiger charge is -2.39. The number of rotatable bonds is 4. The third-order valence-electron chi connectivity index (χ3n) is 12.3. The van der Waals surface area contributed by atoms with E-state index in [1.807, 2.05) is 0 Å². The Morgan fingerprint density at radius 1 is 0.538 bits per heavy atom. The molecule has 0 spiro atoms. The summed E-state index contributed by atoms with van der Waals surface area (Å²) in [7, 11) is 0. The van der Waals surface area contributed by atoms with Gasteiger partial charge in [-0.3, -0.25) is 0 Å². The number of benzene rings is 6. The van der Waals surface area contributed by atoms with Crippen molar-refractivity contribution in [1.29, 1.82) is 0 Å². The second kappa shape index (κ2) is 11.2. The van der Waals surface area contributed by atoms with Gasteiger partial charge in [-0.1, -0.05) is 141 Å². The van der Waals surface area contributed by atoms with Gasteiger partial charge >= 0.3 is 0 Å². The number of para-hydroxylation sites is 2. The summed E-state index contributed by atoms with van der Waals surface area (Å²) in [6.45, 7) is 4.79. The monoisotopic (exact) mass is 666 g/mol. The van der Waals surface area contributed by atoms with Crippen LogP contribution in [-0.2, 0) is 0 Å². The van der Waals surface area contributed by atoms with Gasteiger partial charge in [0.1, 0.15) is 0 Å². The first kappa shape index (κ1) is 29.6. The highest BCUT2D eigenvalue weighted by Crippen LogP contribution is 2.56. The molecule has 6 aromatic carbocycles. The summed E-state index contributed by atoms with van der Waals surface area (Å²) in [6, 6.07) is 50.0. The normalized spacial score (nSPS) is 20.6. The van der Waals surface area contributed by atoms with Gasteiger partial charge in [-0.25, -0.2) is 0 Å². The molecule has 1 aromatic heterocycles. The third-order valence-corrected chi connectivity index (χ3v) is 12.3. The third kappa shape index (κ3) is 4.12. The summed E-state index contributed by atoms with van der Waals surface area (Å²) >= 11 is 0. The molecule has 0 bridgehead atoms. The lowest BCUT2D eigenvalue weighted by molar-refractivity contribution is 0.615. The maximum atomic E-state index is 2.61. The van der Waals surface area contributed by atoms with Crippen molar-refractivity contribution >= 4 is 44.8 Å². The van der Waals surface area contributed by atoms with Gasteiger partial charge in [-0.05, 0) is 98.5 Å². The van der Waals surface area contributed by atoms with E-state index in [-0.39, 0.29) is 12.0 Å². The quantitative estimate of drug-likeness (QED) is 0.181. The molecule has 0 fully saturated rings. The van der Waals surface area contributed by atoms with Crippen molar-refractivity contribution in [3.05, 3.63) is 197 Å². The molecular weight excluding hydrogens is 629 g/mol. The van der Waals surface area contributed by atoms with Crippen LogP contribution in [-0.4, -0.2) is 10.6 Å². The molecule has 7 aromatic rings. The SMILES string of the molecule is CC1c2ccccc2C=CC1N(c1ccc2c(c1)C1=C3C=CC=C[C@H]3[C@H](C)c3cccc-2c31)c1ccc2c3ccccc3n(-c3ccccc3)c2c1. The second-order valence-electron chi connectivity index (χ2n) is 14.9. The summed E-state index contributed by atoms with van der Waals surface area (Å²) in [5, 5.41) is 2.54. The maximum absolute atomic E-state index is 2.61. The Labute approximate surface area is 305 Å². The van der Waals surface area contributed by atoms with Crippen molar-refractivity contribution in [1.82, 2.24) is 4.57 Å². The molecular formula is C50H38N2. The van der Waals surface area contributed by atoms with Crippen molar-refractivity contribution in [2.75, 3.05) is 4.90 Å². The van der Waals surface area contributed by atoms with Crippen molar-refractivity contribution in [3.8, 4) is 16.8 Å². The van der Waals surface area contributed by atoms with E-state index in [4.69, 9.17) is 0 Å². The molecule has 11 rings (SSSR count). The minimum atomic E-state index is 0.119. The fourth-order valence-corrected chi connectivity index (χ4v) is 9.85. The second-order valence-corrected chi connectivity index (χ2v) is 14.9. The van der Waals surface area contributed by atoms with Gasteiger partial charge < -0.3 is 9.47 Å². The minimum absolute atomic E-state index is 0.119. The van der Waals surface area contributed by atoms with Crippen LogP contribution in [0.2, 0.25) is 0 Å². The van der Waals surface area contributed by atoms with Crippen LogP contribution in [0.3, 0.4) is 0 Å². The van der Waals surface area contributed by atoms with Crippen LogP contribution in [0.1, 0.15) is 53.5 Å². The molecule has 4 atom stereocenters. The van der Waals surface area contributed by atoms with Crippen LogP contribution in [0.4, 0.5) is 11.4 Å². The zero-order chi connectivity index (χ0) is 34.5. The van der Waals surface area contributed by atoms with E-state index in [9.17, 15) is 0 Å². The van der Waals surface area contributed by atoms with E-state index in [0.29, 0.717) is 11.8 Å². The van der Waals surface area contributed by atoms with E-state index in [1.54, 1.807) is 0 Å². The van der Waals surface area contributed by atoms with E-state index in [1.165, 1.54) is 89.0 Å². The number of anilines is 2. The van der Waals surface area contributed by atoms with Crippen molar-refractivity contribution in [3.63, 3.8) is 0 Å². The molecule has 0 amide bonds. The van der Waals surface area contributed by atoms with Gasteiger partial charge in [0.05, 0.1) is 17.1 Å². The predicted octanol–water partition coefficient (Wildman–Crippen LogP) is 12.8. The van der Waals surface area contributed by atoms with Crippen LogP contribution in [0, 0.1) is 5.92 Å². The fraction of sp³-hybridized carbons (Fsp3) is 0.120. The molecule has 0 radical (unpaired) electrons. The standard InChI is InChI=1S/C50H38N2/c1-31-38-17-8-9-19-43(38)50-45-29-35(24-26-40(45)44-21-12-20-39(31)49(44)50)51(46-28-23-33-13-6-7-16-37(33)32(46)2)36-25-27-42-41-18-10-11-22-47(41)52(48(42)30-36)34-14-4-3-5-15-34/h3-32,38,46H,1-2H3/t31-,32?,38-,46?/m0/s1. The van der Waals surface area contributed by atoms with E-state index < -0.39 is 0 Å². The van der Waals surface area contributed by atoms with Crippen molar-refractivity contribution < 1.29 is 0 Å². The molecule has 2 unspecified atom stereocenters. The molecule has 52 heavy (non-hydrogen) atoms. The number of hydrogen-bond donors (Lipinski definition) is 0. The molecule has 0 N–H and O–H groups in total. The Morgan fingerprint density at radius 3 is 2.23 bits per heavy atom. The van der Waals surface area contributed by atoms with Gasteiger partial charge in [0, 0.05) is 39.7 Å². The Balaban J connectivity index is 1.15. The highest BCUT2D eigenvalue weighted by Gasteiger charge is 2.38. The molecule has 0 saturated carbocycles. The van der Waals surface area contributed by atoms with Gasteiger partial charge in [-0.15, -0.1) is 0 Å². The Kier molecular flexibility index (Phi) is 6.37. The smallest absolute Gasteiger partial charge is 0.0591 e. The van der Waals surface area contributed by atoms with E-state index >= 15 is 0 Å². The largest absolute Gasteiger partial charge is 0.334 e. The lowest BCUT2D eigenvalue weighted by Crippen LogP contribution is -2.35. The average molecular weight is 667 g/mol. The van der Waals surface area contributed by atoms with Crippen LogP contribution in [0.15, 0.2) is 169 Å². The highest BCUT2D eigenvalue weighted by atomic mass is 15.2. The molecule has 2 heteroatoms. The first-order chi connectivity index (χ1) is 25.7. The van der Waals surface area contributed by atoms with Crippen LogP contribution in [0.5, 0.6) is 0 Å². The lowest BCUT2D eigenvalue weighted by atomic mass is 9.70. The number of allylic oxidation sites excluding steroid dienone is 5. The van der Waals surface area contributed by atoms with Gasteiger partial charge in [-0.2, -0.15) is 0 Å². The zero-order valence-corrected chi connectivity index (χ0v) is 29.4. The molecule has 0 saturated heterocycles. The van der Waals surface area contributed by atoms with Gasteiger partial charge in [0.2, 0.25) is 0 Å². The fourth-order valence-electron chi connectivity index (χ4n) is 9.85. The van der Waals surface area contributed by atoms with E-state index in [2.05, 4.69) is 193 Å². The van der Waals surface area contributed by atoms with Crippen molar-refractivity contribution in [2.45, 2.75) is 31.7 Å². The number of fused-ring (bicyclic) bond motifs is 8. The maximum Gasteiger partial charge on any atom is 0.0591 e. The molecule has 4 aliphatic rings. The van der Waals surface area contributed by atoms with E-state index in [0.717, 1.165) is 0 Å². The number of aromatic nitrogens is 1. The zero-order valence-electron chi connectivity index (χ0n) is 29.4. The molecule has 248 valence electrons. The van der Waals surface area contributed by atoms with Gasteiger partial charge in [0.15, 0.2) is 0 Å². The van der Waals surface area contributed by atoms with Gasteiger partial charge in [0.25, 0.3) is 0 Å². The Morgan fingerprint density at radius 2 is 1.31 bits per heavy atom. The number of hydrogen-bond acceptors (Lipinski definition) is 1. The number of nitrogens with zero attached hydrogens (tertiary/aromatic N) is 2. The summed E-state index contributed by atoms with van der Waals surface area (Å²) < 4.78 is 2.43. The molecule has 2 nitrogen and oxygen atoms in total. The average Bonchev–Trinajstić information content (AvgIpc) is 3.71.